The van der Waals surface area contributed by atoms with Crippen LogP contribution >= 0.6 is 23.4 Å². The zero-order valence-corrected chi connectivity index (χ0v) is 10.6. The minimum Gasteiger partial charge on any atom is -0.354 e. The molecule has 0 saturated carbocycles. The van der Waals surface area contributed by atoms with E-state index in [2.05, 4.69) is 23.7 Å². The van der Waals surface area contributed by atoms with Crippen molar-refractivity contribution in [3.8, 4) is 0 Å². The van der Waals surface area contributed by atoms with Gasteiger partial charge in [-0.15, -0.1) is 0 Å². The van der Waals surface area contributed by atoms with Crippen LogP contribution in [0.25, 0.3) is 0 Å². The lowest BCUT2D eigenvalue weighted by molar-refractivity contribution is 0.642. The van der Waals surface area contributed by atoms with Gasteiger partial charge in [0.25, 0.3) is 0 Å². The fourth-order valence-corrected chi connectivity index (χ4v) is 2.99. The molecule has 0 unspecified atom stereocenters. The predicted molar refractivity (Wildman–Crippen MR) is 68.0 cm³/mol. The largest absolute Gasteiger partial charge is 0.354 e. The van der Waals surface area contributed by atoms with Crippen LogP contribution in [0, 0.1) is 0 Å². The first-order valence-electron chi connectivity index (χ1n) is 5.07. The Labute approximate surface area is 100 Å². The van der Waals surface area contributed by atoms with Crippen LogP contribution in [-0.4, -0.2) is 28.6 Å². The molecule has 0 aliphatic carbocycles. The first-order chi connectivity index (χ1) is 7.07. The lowest BCUT2D eigenvalue weighted by Crippen LogP contribution is -2.43. The van der Waals surface area contributed by atoms with E-state index in [1.54, 1.807) is 6.20 Å². The molecule has 0 bridgehead atoms. The first kappa shape index (κ1) is 11.1. The van der Waals surface area contributed by atoms with Crippen molar-refractivity contribution in [1.29, 1.82) is 0 Å². The minimum atomic E-state index is 0.319. The molecule has 15 heavy (non-hydrogen) atoms. The quantitative estimate of drug-likeness (QED) is 0.753. The maximum absolute atomic E-state index is 5.82. The molecule has 82 valence electrons. The first-order valence-corrected chi connectivity index (χ1v) is 6.44. The lowest BCUT2D eigenvalue weighted by Gasteiger charge is -2.38. The zero-order chi connectivity index (χ0) is 10.9. The number of pyridine rings is 1. The summed E-state index contributed by atoms with van der Waals surface area (Å²) in [5, 5.41) is 0.699. The van der Waals surface area contributed by atoms with Gasteiger partial charge in [0.15, 0.2) is 0 Å². The van der Waals surface area contributed by atoms with E-state index < -0.39 is 0 Å². The summed E-state index contributed by atoms with van der Waals surface area (Å²) in [5.41, 5.74) is 0. The molecule has 2 nitrogen and oxygen atoms in total. The predicted octanol–water partition coefficient (Wildman–Crippen LogP) is 3.07. The Kier molecular flexibility index (Phi) is 3.12. The summed E-state index contributed by atoms with van der Waals surface area (Å²) in [6, 6.07) is 3.90. The molecule has 0 amide bonds. The van der Waals surface area contributed by atoms with Crippen molar-refractivity contribution in [3.63, 3.8) is 0 Å². The van der Waals surface area contributed by atoms with E-state index in [-0.39, 0.29) is 0 Å². The number of anilines is 1. The molecule has 2 rings (SSSR count). The van der Waals surface area contributed by atoms with Crippen LogP contribution in [0.4, 0.5) is 5.82 Å². The van der Waals surface area contributed by atoms with Crippen molar-refractivity contribution in [2.45, 2.75) is 18.6 Å². The smallest absolute Gasteiger partial charge is 0.128 e. The Hall–Kier alpha value is -0.410. The van der Waals surface area contributed by atoms with Crippen LogP contribution in [0.15, 0.2) is 18.3 Å². The summed E-state index contributed by atoms with van der Waals surface area (Å²) in [5.74, 6) is 2.20. The third-order valence-electron chi connectivity index (χ3n) is 2.46. The number of thioether (sulfide) groups is 1. The standard InChI is InChI=1S/C11H15ClN2S/c1-11(2)8-14(5-6-15-11)10-4-3-9(12)7-13-10/h3-4,7H,5-6,8H2,1-2H3. The van der Waals surface area contributed by atoms with Crippen molar-refractivity contribution >= 4 is 29.2 Å². The van der Waals surface area contributed by atoms with Crippen LogP contribution in [0.3, 0.4) is 0 Å². The summed E-state index contributed by atoms with van der Waals surface area (Å²) in [6.45, 7) is 6.68. The maximum Gasteiger partial charge on any atom is 0.128 e. The van der Waals surface area contributed by atoms with Gasteiger partial charge in [-0.2, -0.15) is 11.8 Å². The molecule has 1 saturated heterocycles. The Morgan fingerprint density at radius 1 is 1.47 bits per heavy atom. The Balaban J connectivity index is 2.13. The molecule has 1 aliphatic heterocycles. The fraction of sp³-hybridized carbons (Fsp3) is 0.545. The lowest BCUT2D eigenvalue weighted by atomic mass is 10.2. The van der Waals surface area contributed by atoms with Crippen molar-refractivity contribution in [1.82, 2.24) is 4.98 Å². The molecular formula is C11H15ClN2S. The Bertz CT molecular complexity index is 337. The molecule has 0 atom stereocenters. The van der Waals surface area contributed by atoms with Crippen molar-refractivity contribution < 1.29 is 0 Å². The van der Waals surface area contributed by atoms with Crippen LogP contribution in [-0.2, 0) is 0 Å². The average molecular weight is 243 g/mol. The SMILES string of the molecule is CC1(C)CN(c2ccc(Cl)cn2)CCS1. The highest BCUT2D eigenvalue weighted by Crippen LogP contribution is 2.31. The third kappa shape index (κ3) is 2.79. The second-order valence-corrected chi connectivity index (χ2v) is 6.60. The second-order valence-electron chi connectivity index (χ2n) is 4.36. The van der Waals surface area contributed by atoms with E-state index in [1.165, 1.54) is 0 Å². The molecule has 0 spiro atoms. The molecule has 0 aromatic carbocycles. The molecule has 1 aliphatic rings. The Morgan fingerprint density at radius 3 is 2.87 bits per heavy atom. The summed E-state index contributed by atoms with van der Waals surface area (Å²) in [4.78, 5) is 6.68. The van der Waals surface area contributed by atoms with Gasteiger partial charge in [0.1, 0.15) is 5.82 Å². The highest BCUT2D eigenvalue weighted by Gasteiger charge is 2.27. The van der Waals surface area contributed by atoms with Gasteiger partial charge in [0.2, 0.25) is 0 Å². The van der Waals surface area contributed by atoms with Crippen LogP contribution < -0.4 is 4.90 Å². The highest BCUT2D eigenvalue weighted by atomic mass is 35.5. The third-order valence-corrected chi connectivity index (χ3v) is 3.98. The highest BCUT2D eigenvalue weighted by molar-refractivity contribution is 8.00. The molecule has 1 fully saturated rings. The van der Waals surface area contributed by atoms with Gasteiger partial charge in [-0.25, -0.2) is 4.98 Å². The van der Waals surface area contributed by atoms with Gasteiger partial charge in [0, 0.05) is 29.8 Å². The number of rotatable bonds is 1. The van der Waals surface area contributed by atoms with E-state index in [4.69, 9.17) is 11.6 Å². The normalized spacial score (nSPS) is 20.3. The van der Waals surface area contributed by atoms with E-state index in [1.807, 2.05) is 23.9 Å². The molecule has 1 aromatic rings. The van der Waals surface area contributed by atoms with Gasteiger partial charge in [-0.3, -0.25) is 0 Å². The second kappa shape index (κ2) is 4.22. The van der Waals surface area contributed by atoms with Crippen LogP contribution in [0.5, 0.6) is 0 Å². The summed E-state index contributed by atoms with van der Waals surface area (Å²) < 4.78 is 0.319. The van der Waals surface area contributed by atoms with Gasteiger partial charge in [-0.1, -0.05) is 11.6 Å². The number of halogens is 1. The molecule has 4 heteroatoms. The van der Waals surface area contributed by atoms with Crippen molar-refractivity contribution in [2.75, 3.05) is 23.7 Å². The van der Waals surface area contributed by atoms with Crippen molar-refractivity contribution in [3.05, 3.63) is 23.4 Å². The van der Waals surface area contributed by atoms with E-state index in [0.717, 1.165) is 24.7 Å². The number of aromatic nitrogens is 1. The summed E-state index contributed by atoms with van der Waals surface area (Å²) >= 11 is 7.85. The number of nitrogens with zero attached hydrogens (tertiary/aromatic N) is 2. The van der Waals surface area contributed by atoms with E-state index in [0.29, 0.717) is 9.77 Å². The monoisotopic (exact) mass is 242 g/mol. The fourth-order valence-electron chi connectivity index (χ4n) is 1.77. The molecular weight excluding hydrogens is 228 g/mol. The Morgan fingerprint density at radius 2 is 2.27 bits per heavy atom. The molecule has 2 heterocycles. The van der Waals surface area contributed by atoms with Gasteiger partial charge in [-0.05, 0) is 26.0 Å². The van der Waals surface area contributed by atoms with Gasteiger partial charge >= 0.3 is 0 Å². The van der Waals surface area contributed by atoms with Crippen LogP contribution in [0.1, 0.15) is 13.8 Å². The molecule has 0 radical (unpaired) electrons. The van der Waals surface area contributed by atoms with E-state index in [9.17, 15) is 0 Å². The number of hydrogen-bond donors (Lipinski definition) is 0. The number of hydrogen-bond acceptors (Lipinski definition) is 3. The van der Waals surface area contributed by atoms with Gasteiger partial charge < -0.3 is 4.90 Å². The van der Waals surface area contributed by atoms with Gasteiger partial charge in [0.05, 0.1) is 5.02 Å². The summed E-state index contributed by atoms with van der Waals surface area (Å²) in [6.07, 6.45) is 1.71. The minimum absolute atomic E-state index is 0.319. The summed E-state index contributed by atoms with van der Waals surface area (Å²) in [7, 11) is 0. The van der Waals surface area contributed by atoms with E-state index >= 15 is 0 Å². The molecule has 1 aromatic heterocycles. The molecule has 0 N–H and O–H groups in total. The maximum atomic E-state index is 5.82. The van der Waals surface area contributed by atoms with Crippen molar-refractivity contribution in [2.24, 2.45) is 0 Å². The average Bonchev–Trinajstić information content (AvgIpc) is 2.17. The zero-order valence-electron chi connectivity index (χ0n) is 9.03. The topological polar surface area (TPSA) is 16.1 Å². The van der Waals surface area contributed by atoms with Crippen LogP contribution in [0.2, 0.25) is 5.02 Å².